The van der Waals surface area contributed by atoms with Gasteiger partial charge in [-0.25, -0.2) is 0 Å². The quantitative estimate of drug-likeness (QED) is 0.545. The summed E-state index contributed by atoms with van der Waals surface area (Å²) >= 11 is 1.91. The van der Waals surface area contributed by atoms with E-state index < -0.39 is 0 Å². The van der Waals surface area contributed by atoms with Crippen molar-refractivity contribution < 1.29 is 4.74 Å². The molecule has 17 heavy (non-hydrogen) atoms. The summed E-state index contributed by atoms with van der Waals surface area (Å²) in [5, 5.41) is 0. The van der Waals surface area contributed by atoms with E-state index in [9.17, 15) is 0 Å². The molecular weight excluding hydrogens is 228 g/mol. The summed E-state index contributed by atoms with van der Waals surface area (Å²) in [6.45, 7) is 6.63. The minimum absolute atomic E-state index is 0.485. The Balaban J connectivity index is 1.98. The second kappa shape index (κ2) is 5.92. The molecule has 3 unspecified atom stereocenters. The van der Waals surface area contributed by atoms with Crippen molar-refractivity contribution in [3.63, 3.8) is 0 Å². The highest BCUT2D eigenvalue weighted by Crippen LogP contribution is 2.34. The third kappa shape index (κ3) is 3.49. The third-order valence-corrected chi connectivity index (χ3v) is 4.40. The lowest BCUT2D eigenvalue weighted by Crippen LogP contribution is -2.02. The predicted molar refractivity (Wildman–Crippen MR) is 74.8 cm³/mol. The fraction of sp³-hybridized carbons (Fsp3) is 0.600. The first-order chi connectivity index (χ1) is 8.24. The van der Waals surface area contributed by atoms with Crippen LogP contribution in [0, 0.1) is 0 Å². The maximum absolute atomic E-state index is 5.53. The third-order valence-electron chi connectivity index (χ3n) is 3.51. The van der Waals surface area contributed by atoms with E-state index in [4.69, 9.17) is 4.74 Å². The van der Waals surface area contributed by atoms with Crippen molar-refractivity contribution in [1.82, 2.24) is 0 Å². The number of epoxide rings is 1. The van der Waals surface area contributed by atoms with Crippen LogP contribution >= 0.6 is 11.8 Å². The summed E-state index contributed by atoms with van der Waals surface area (Å²) in [7, 11) is 0. The highest BCUT2D eigenvalue weighted by atomic mass is 32.2. The first-order valence-corrected chi connectivity index (χ1v) is 7.61. The van der Waals surface area contributed by atoms with Crippen molar-refractivity contribution in [2.75, 3.05) is 5.75 Å². The van der Waals surface area contributed by atoms with E-state index in [1.165, 1.54) is 23.3 Å². The van der Waals surface area contributed by atoms with E-state index in [0.29, 0.717) is 18.1 Å². The van der Waals surface area contributed by atoms with E-state index in [2.05, 4.69) is 45.0 Å². The van der Waals surface area contributed by atoms with Gasteiger partial charge in [0.2, 0.25) is 0 Å². The van der Waals surface area contributed by atoms with Crippen LogP contribution in [0.25, 0.3) is 0 Å². The van der Waals surface area contributed by atoms with Crippen molar-refractivity contribution >= 4 is 11.8 Å². The van der Waals surface area contributed by atoms with Gasteiger partial charge in [0.05, 0.1) is 12.2 Å². The first kappa shape index (κ1) is 13.0. The van der Waals surface area contributed by atoms with Gasteiger partial charge in [-0.15, -0.1) is 11.8 Å². The van der Waals surface area contributed by atoms with E-state index in [-0.39, 0.29) is 0 Å². The molecule has 0 spiro atoms. The molecule has 94 valence electrons. The predicted octanol–water partition coefficient (Wildman–Crippen LogP) is 4.47. The summed E-state index contributed by atoms with van der Waals surface area (Å²) in [5.74, 6) is 1.80. The smallest absolute Gasteiger partial charge is 0.0844 e. The van der Waals surface area contributed by atoms with Crippen molar-refractivity contribution in [1.29, 1.82) is 0 Å². The number of hydrogen-bond acceptors (Lipinski definition) is 2. The molecule has 0 aliphatic carbocycles. The van der Waals surface area contributed by atoms with Crippen molar-refractivity contribution in [3.8, 4) is 0 Å². The Labute approximate surface area is 109 Å². The summed E-state index contributed by atoms with van der Waals surface area (Å²) < 4.78 is 5.53. The van der Waals surface area contributed by atoms with Gasteiger partial charge >= 0.3 is 0 Å². The van der Waals surface area contributed by atoms with Gasteiger partial charge in [-0.05, 0) is 49.1 Å². The highest BCUT2D eigenvalue weighted by Gasteiger charge is 2.35. The Hall–Kier alpha value is -0.470. The maximum Gasteiger partial charge on any atom is 0.0844 e. The van der Waals surface area contributed by atoms with Gasteiger partial charge in [-0.1, -0.05) is 26.0 Å². The summed E-state index contributed by atoms with van der Waals surface area (Å²) in [6, 6.07) is 9.09. The minimum Gasteiger partial charge on any atom is -0.370 e. The molecule has 1 aromatic rings. The number of ether oxygens (including phenoxy) is 1. The van der Waals surface area contributed by atoms with E-state index in [0.717, 1.165) is 5.75 Å². The topological polar surface area (TPSA) is 12.5 Å². The fourth-order valence-corrected chi connectivity index (χ4v) is 2.96. The van der Waals surface area contributed by atoms with Crippen LogP contribution in [0.2, 0.25) is 0 Å². The molecule has 2 heteroatoms. The Kier molecular flexibility index (Phi) is 4.52. The molecule has 1 fully saturated rings. The van der Waals surface area contributed by atoms with Gasteiger partial charge in [-0.3, -0.25) is 0 Å². The molecule has 1 heterocycles. The average molecular weight is 250 g/mol. The van der Waals surface area contributed by atoms with Gasteiger partial charge in [-0.2, -0.15) is 0 Å². The Bertz CT molecular complexity index is 346. The van der Waals surface area contributed by atoms with Gasteiger partial charge in [0.25, 0.3) is 0 Å². The Morgan fingerprint density at radius 1 is 1.24 bits per heavy atom. The van der Waals surface area contributed by atoms with E-state index in [1.807, 2.05) is 11.8 Å². The summed E-state index contributed by atoms with van der Waals surface area (Å²) in [4.78, 5) is 1.38. The zero-order valence-electron chi connectivity index (χ0n) is 11.0. The van der Waals surface area contributed by atoms with Gasteiger partial charge in [0.15, 0.2) is 0 Å². The zero-order chi connectivity index (χ0) is 12.3. The second-order valence-corrected chi connectivity index (χ2v) is 6.06. The lowest BCUT2D eigenvalue weighted by molar-refractivity contribution is 0.357. The molecule has 1 aliphatic rings. The minimum atomic E-state index is 0.485. The standard InChI is InChI=1S/C15H22OS/c1-4-12(10-15-11(3)16-15)13-6-8-14(9-7-13)17-5-2/h6-9,11-12,15H,4-5,10H2,1-3H3. The van der Waals surface area contributed by atoms with Crippen LogP contribution in [0.5, 0.6) is 0 Å². The van der Waals surface area contributed by atoms with Crippen LogP contribution in [0.15, 0.2) is 29.2 Å². The van der Waals surface area contributed by atoms with Gasteiger partial charge < -0.3 is 4.74 Å². The molecule has 1 saturated heterocycles. The average Bonchev–Trinajstić information content (AvgIpc) is 3.04. The van der Waals surface area contributed by atoms with Gasteiger partial charge in [0, 0.05) is 4.90 Å². The van der Waals surface area contributed by atoms with Crippen molar-refractivity contribution in [2.24, 2.45) is 0 Å². The second-order valence-electron chi connectivity index (χ2n) is 4.72. The first-order valence-electron chi connectivity index (χ1n) is 6.62. The molecule has 0 radical (unpaired) electrons. The lowest BCUT2D eigenvalue weighted by atomic mass is 9.91. The maximum atomic E-state index is 5.53. The monoisotopic (exact) mass is 250 g/mol. The van der Waals surface area contributed by atoms with E-state index in [1.54, 1.807) is 0 Å². The van der Waals surface area contributed by atoms with Crippen LogP contribution in [0.4, 0.5) is 0 Å². The molecule has 1 aliphatic heterocycles. The normalized spacial score (nSPS) is 24.6. The van der Waals surface area contributed by atoms with Crippen LogP contribution in [-0.2, 0) is 4.74 Å². The highest BCUT2D eigenvalue weighted by molar-refractivity contribution is 7.99. The molecule has 0 amide bonds. The van der Waals surface area contributed by atoms with Crippen LogP contribution < -0.4 is 0 Å². The molecule has 2 rings (SSSR count). The largest absolute Gasteiger partial charge is 0.370 e. The zero-order valence-corrected chi connectivity index (χ0v) is 11.8. The van der Waals surface area contributed by atoms with Crippen molar-refractivity contribution in [2.45, 2.75) is 56.6 Å². The number of benzene rings is 1. The SMILES string of the molecule is CCSc1ccc(C(CC)CC2OC2C)cc1. The summed E-state index contributed by atoms with van der Waals surface area (Å²) in [5.41, 5.74) is 1.47. The Morgan fingerprint density at radius 2 is 1.88 bits per heavy atom. The lowest BCUT2D eigenvalue weighted by Gasteiger charge is -2.14. The number of thioether (sulfide) groups is 1. The Morgan fingerprint density at radius 3 is 2.35 bits per heavy atom. The molecule has 1 aromatic carbocycles. The molecule has 1 nitrogen and oxygen atoms in total. The molecule has 0 saturated carbocycles. The van der Waals surface area contributed by atoms with Crippen LogP contribution in [0.1, 0.15) is 45.1 Å². The van der Waals surface area contributed by atoms with Crippen LogP contribution in [0.3, 0.4) is 0 Å². The summed E-state index contributed by atoms with van der Waals surface area (Å²) in [6.07, 6.45) is 3.37. The van der Waals surface area contributed by atoms with Crippen LogP contribution in [-0.4, -0.2) is 18.0 Å². The molecule has 0 N–H and O–H groups in total. The number of rotatable bonds is 6. The fourth-order valence-electron chi connectivity index (χ4n) is 2.30. The van der Waals surface area contributed by atoms with Crippen molar-refractivity contribution in [3.05, 3.63) is 29.8 Å². The molecule has 0 aromatic heterocycles. The van der Waals surface area contributed by atoms with Gasteiger partial charge in [0.1, 0.15) is 0 Å². The molecule has 3 atom stereocenters. The molecular formula is C15H22OS. The molecule has 0 bridgehead atoms. The number of hydrogen-bond donors (Lipinski definition) is 0. The van der Waals surface area contributed by atoms with E-state index >= 15 is 0 Å².